The lowest BCUT2D eigenvalue weighted by Crippen LogP contribution is -2.57. The van der Waals surface area contributed by atoms with Crippen molar-refractivity contribution in [2.24, 2.45) is 0 Å². The molecule has 0 amide bonds. The lowest BCUT2D eigenvalue weighted by molar-refractivity contribution is 0.286. The summed E-state index contributed by atoms with van der Waals surface area (Å²) in [6.07, 6.45) is 9.66. The molecule has 0 radical (unpaired) electrons. The Hall–Kier alpha value is -3.07. The fraction of sp³-hybridized carbons (Fsp3) is 0.235. The van der Waals surface area contributed by atoms with E-state index in [9.17, 15) is 0 Å². The SMILES string of the molecule is CN(C#N)C1CN(c2cnc3[nH]cc(-c4cccnc4)c3c2)C1. The van der Waals surface area contributed by atoms with Gasteiger partial charge in [0.1, 0.15) is 5.65 Å². The van der Waals surface area contributed by atoms with Gasteiger partial charge >= 0.3 is 0 Å². The fourth-order valence-electron chi connectivity index (χ4n) is 2.92. The van der Waals surface area contributed by atoms with Crippen LogP contribution in [0.2, 0.25) is 0 Å². The zero-order valence-corrected chi connectivity index (χ0v) is 12.8. The second-order valence-corrected chi connectivity index (χ2v) is 5.80. The molecule has 0 atom stereocenters. The van der Waals surface area contributed by atoms with Crippen LogP contribution in [-0.2, 0) is 0 Å². The monoisotopic (exact) mass is 304 g/mol. The predicted molar refractivity (Wildman–Crippen MR) is 88.7 cm³/mol. The molecule has 4 rings (SSSR count). The van der Waals surface area contributed by atoms with E-state index in [4.69, 9.17) is 5.26 Å². The molecule has 6 nitrogen and oxygen atoms in total. The summed E-state index contributed by atoms with van der Waals surface area (Å²) in [6, 6.07) is 6.43. The van der Waals surface area contributed by atoms with Gasteiger partial charge in [0.25, 0.3) is 0 Å². The van der Waals surface area contributed by atoms with E-state index in [1.165, 1.54) is 0 Å². The third kappa shape index (κ3) is 2.27. The van der Waals surface area contributed by atoms with Gasteiger partial charge in [-0.1, -0.05) is 6.07 Å². The highest BCUT2D eigenvalue weighted by atomic mass is 15.3. The molecule has 1 fully saturated rings. The normalized spacial score (nSPS) is 14.5. The van der Waals surface area contributed by atoms with Crippen molar-refractivity contribution in [2.75, 3.05) is 25.0 Å². The number of nitriles is 1. The molecule has 0 spiro atoms. The van der Waals surface area contributed by atoms with Crippen LogP contribution in [0.5, 0.6) is 0 Å². The number of aromatic amines is 1. The van der Waals surface area contributed by atoms with Crippen LogP contribution in [0.1, 0.15) is 0 Å². The zero-order valence-electron chi connectivity index (χ0n) is 12.8. The van der Waals surface area contributed by atoms with Gasteiger partial charge in [-0.2, -0.15) is 5.26 Å². The molecule has 0 unspecified atom stereocenters. The molecule has 1 aliphatic heterocycles. The van der Waals surface area contributed by atoms with Crippen LogP contribution in [-0.4, -0.2) is 46.0 Å². The largest absolute Gasteiger partial charge is 0.366 e. The molecule has 1 saturated heterocycles. The first-order chi connectivity index (χ1) is 11.3. The molecule has 0 aromatic carbocycles. The maximum absolute atomic E-state index is 8.94. The highest BCUT2D eigenvalue weighted by Crippen LogP contribution is 2.31. The molecule has 1 aliphatic rings. The van der Waals surface area contributed by atoms with E-state index in [1.807, 2.05) is 37.8 Å². The molecule has 4 heterocycles. The van der Waals surface area contributed by atoms with Gasteiger partial charge in [0.05, 0.1) is 17.9 Å². The quantitative estimate of drug-likeness (QED) is 0.593. The second kappa shape index (κ2) is 5.29. The van der Waals surface area contributed by atoms with Gasteiger partial charge in [-0.3, -0.25) is 4.98 Å². The molecular weight excluding hydrogens is 288 g/mol. The minimum Gasteiger partial charge on any atom is -0.366 e. The van der Waals surface area contributed by atoms with E-state index < -0.39 is 0 Å². The van der Waals surface area contributed by atoms with Crippen LogP contribution in [0.15, 0.2) is 43.0 Å². The van der Waals surface area contributed by atoms with Gasteiger partial charge in [0.15, 0.2) is 6.19 Å². The summed E-state index contributed by atoms with van der Waals surface area (Å²) in [5.41, 5.74) is 4.14. The van der Waals surface area contributed by atoms with E-state index in [1.54, 1.807) is 11.1 Å². The number of nitrogens with zero attached hydrogens (tertiary/aromatic N) is 5. The number of likely N-dealkylation sites (N-methyl/N-ethyl adjacent to an activating group) is 1. The Labute approximate surface area is 134 Å². The Bertz CT molecular complexity index is 873. The number of anilines is 1. The second-order valence-electron chi connectivity index (χ2n) is 5.80. The average Bonchev–Trinajstić information content (AvgIpc) is 2.97. The van der Waals surface area contributed by atoms with E-state index in [0.29, 0.717) is 6.04 Å². The van der Waals surface area contributed by atoms with Gasteiger partial charge in [-0.25, -0.2) is 4.98 Å². The number of aromatic nitrogens is 3. The number of fused-ring (bicyclic) bond motifs is 1. The molecule has 3 aromatic heterocycles. The topological polar surface area (TPSA) is 71.8 Å². The molecule has 6 heteroatoms. The Morgan fingerprint density at radius 1 is 1.39 bits per heavy atom. The van der Waals surface area contributed by atoms with Crippen molar-refractivity contribution >= 4 is 16.7 Å². The van der Waals surface area contributed by atoms with Crippen molar-refractivity contribution in [3.63, 3.8) is 0 Å². The number of pyridine rings is 2. The van der Waals surface area contributed by atoms with Crippen molar-refractivity contribution < 1.29 is 0 Å². The number of hydrogen-bond donors (Lipinski definition) is 1. The predicted octanol–water partition coefficient (Wildman–Crippen LogP) is 2.23. The minimum atomic E-state index is 0.291. The van der Waals surface area contributed by atoms with Gasteiger partial charge in [0, 0.05) is 55.2 Å². The van der Waals surface area contributed by atoms with E-state index in [0.717, 1.165) is 40.9 Å². The summed E-state index contributed by atoms with van der Waals surface area (Å²) in [5.74, 6) is 0. The van der Waals surface area contributed by atoms with Crippen molar-refractivity contribution in [3.05, 3.63) is 43.0 Å². The minimum absolute atomic E-state index is 0.291. The smallest absolute Gasteiger partial charge is 0.179 e. The van der Waals surface area contributed by atoms with Crippen LogP contribution in [0, 0.1) is 11.5 Å². The van der Waals surface area contributed by atoms with Gasteiger partial charge in [0.2, 0.25) is 0 Å². The third-order valence-corrected chi connectivity index (χ3v) is 4.42. The van der Waals surface area contributed by atoms with E-state index in [-0.39, 0.29) is 0 Å². The summed E-state index contributed by atoms with van der Waals surface area (Å²) in [6.45, 7) is 1.70. The van der Waals surface area contributed by atoms with Crippen LogP contribution in [0.3, 0.4) is 0 Å². The maximum Gasteiger partial charge on any atom is 0.179 e. The lowest BCUT2D eigenvalue weighted by Gasteiger charge is -2.43. The summed E-state index contributed by atoms with van der Waals surface area (Å²) in [7, 11) is 1.83. The molecule has 1 N–H and O–H groups in total. The Morgan fingerprint density at radius 3 is 3.00 bits per heavy atom. The Kier molecular flexibility index (Phi) is 3.12. The lowest BCUT2D eigenvalue weighted by atomic mass is 10.1. The summed E-state index contributed by atoms with van der Waals surface area (Å²) >= 11 is 0. The van der Waals surface area contributed by atoms with Crippen molar-refractivity contribution in [1.82, 2.24) is 19.9 Å². The first kappa shape index (κ1) is 13.6. The van der Waals surface area contributed by atoms with Crippen LogP contribution in [0.4, 0.5) is 5.69 Å². The number of nitrogens with one attached hydrogen (secondary N) is 1. The Morgan fingerprint density at radius 2 is 2.26 bits per heavy atom. The molecule has 114 valence electrons. The highest BCUT2D eigenvalue weighted by Gasteiger charge is 2.30. The van der Waals surface area contributed by atoms with Crippen molar-refractivity contribution in [1.29, 1.82) is 5.26 Å². The molecular formula is C17H16N6. The molecule has 0 aliphatic carbocycles. The Balaban J connectivity index is 1.65. The first-order valence-corrected chi connectivity index (χ1v) is 7.51. The zero-order chi connectivity index (χ0) is 15.8. The van der Waals surface area contributed by atoms with Crippen LogP contribution >= 0.6 is 0 Å². The van der Waals surface area contributed by atoms with E-state index >= 15 is 0 Å². The summed E-state index contributed by atoms with van der Waals surface area (Å²) in [5, 5.41) is 10.0. The average molecular weight is 304 g/mol. The molecule has 23 heavy (non-hydrogen) atoms. The van der Waals surface area contributed by atoms with Crippen LogP contribution in [0.25, 0.3) is 22.2 Å². The standard InChI is InChI=1S/C17H16N6/c1-22(11-18)14-9-23(10-14)13-5-15-16(8-21-17(15)20-7-13)12-3-2-4-19-6-12/h2-8,14H,9-10H2,1H3,(H,20,21). The van der Waals surface area contributed by atoms with Crippen LogP contribution < -0.4 is 4.90 Å². The molecule has 0 bridgehead atoms. The van der Waals surface area contributed by atoms with Gasteiger partial charge < -0.3 is 14.8 Å². The third-order valence-electron chi connectivity index (χ3n) is 4.42. The molecule has 0 saturated carbocycles. The molecule has 3 aromatic rings. The van der Waals surface area contributed by atoms with Crippen molar-refractivity contribution in [3.8, 4) is 17.3 Å². The number of H-pyrrole nitrogens is 1. The highest BCUT2D eigenvalue weighted by molar-refractivity contribution is 5.95. The maximum atomic E-state index is 8.94. The van der Waals surface area contributed by atoms with Crippen molar-refractivity contribution in [2.45, 2.75) is 6.04 Å². The van der Waals surface area contributed by atoms with Gasteiger partial charge in [-0.05, 0) is 12.1 Å². The van der Waals surface area contributed by atoms with E-state index in [2.05, 4.69) is 32.1 Å². The number of rotatable bonds is 3. The number of hydrogen-bond acceptors (Lipinski definition) is 5. The first-order valence-electron chi connectivity index (χ1n) is 7.51. The summed E-state index contributed by atoms with van der Waals surface area (Å²) in [4.78, 5) is 15.9. The van der Waals surface area contributed by atoms with Gasteiger partial charge in [-0.15, -0.1) is 0 Å². The summed E-state index contributed by atoms with van der Waals surface area (Å²) < 4.78 is 0. The fourth-order valence-corrected chi connectivity index (χ4v) is 2.92.